The molecular formula is C13H29O7. The summed E-state index contributed by atoms with van der Waals surface area (Å²) in [7, 11) is 0. The van der Waals surface area contributed by atoms with E-state index in [0.717, 1.165) is 6.42 Å². The molecule has 0 aliphatic carbocycles. The van der Waals surface area contributed by atoms with Crippen molar-refractivity contribution in [2.24, 2.45) is 0 Å². The first-order valence-electron chi connectivity index (χ1n) is 6.76. The molecule has 0 bridgehead atoms. The van der Waals surface area contributed by atoms with E-state index in [1.807, 2.05) is 0 Å². The molecule has 0 spiro atoms. The van der Waals surface area contributed by atoms with Gasteiger partial charge in [0.05, 0.1) is 52.9 Å². The summed E-state index contributed by atoms with van der Waals surface area (Å²) in [5.74, 6) is 0. The molecule has 0 saturated heterocycles. The van der Waals surface area contributed by atoms with Crippen LogP contribution in [0.4, 0.5) is 0 Å². The second-order valence-electron chi connectivity index (χ2n) is 3.47. The third kappa shape index (κ3) is 26.3. The molecule has 20 heavy (non-hydrogen) atoms. The lowest BCUT2D eigenvalue weighted by Crippen LogP contribution is -2.06. The summed E-state index contributed by atoms with van der Waals surface area (Å²) in [6.45, 7) is 7.63. The lowest BCUT2D eigenvalue weighted by Gasteiger charge is -2.02. The van der Waals surface area contributed by atoms with Crippen LogP contribution in [-0.2, 0) is 18.9 Å². The Balaban J connectivity index is 0. The monoisotopic (exact) mass is 297 g/mol. The minimum absolute atomic E-state index is 0.0670. The zero-order chi connectivity index (χ0) is 15.3. The van der Waals surface area contributed by atoms with Crippen molar-refractivity contribution < 1.29 is 34.3 Å². The first-order valence-corrected chi connectivity index (χ1v) is 6.76. The molecule has 3 N–H and O–H groups in total. The number of aliphatic hydroxyl groups is 3. The average Bonchev–Trinajstić information content (AvgIpc) is 2.47. The zero-order valence-electron chi connectivity index (χ0n) is 12.2. The highest BCUT2D eigenvalue weighted by molar-refractivity contribution is 4.35. The number of aliphatic hydroxyl groups excluding tert-OH is 3. The topological polar surface area (TPSA) is 97.6 Å². The van der Waals surface area contributed by atoms with Crippen LogP contribution in [0.2, 0.25) is 0 Å². The van der Waals surface area contributed by atoms with Gasteiger partial charge in [-0.25, -0.2) is 0 Å². The Morgan fingerprint density at radius 3 is 1.35 bits per heavy atom. The number of ether oxygens (including phenoxy) is 4. The van der Waals surface area contributed by atoms with Gasteiger partial charge in [-0.1, -0.05) is 0 Å². The van der Waals surface area contributed by atoms with Gasteiger partial charge in [-0.05, 0) is 13.3 Å². The summed E-state index contributed by atoms with van der Waals surface area (Å²) < 4.78 is 19.7. The number of rotatable bonds is 14. The second-order valence-corrected chi connectivity index (χ2v) is 3.47. The molecule has 0 unspecified atom stereocenters. The molecule has 0 rings (SSSR count). The lowest BCUT2D eigenvalue weighted by molar-refractivity contribution is 0.0408. The lowest BCUT2D eigenvalue weighted by atomic mass is 10.5. The van der Waals surface area contributed by atoms with Gasteiger partial charge in [0.1, 0.15) is 0 Å². The molecule has 123 valence electrons. The van der Waals surface area contributed by atoms with E-state index < -0.39 is 0 Å². The van der Waals surface area contributed by atoms with E-state index in [2.05, 4.69) is 6.92 Å². The van der Waals surface area contributed by atoms with Gasteiger partial charge in [-0.2, -0.15) is 0 Å². The zero-order valence-corrected chi connectivity index (χ0v) is 12.2. The summed E-state index contributed by atoms with van der Waals surface area (Å²) in [5.41, 5.74) is 0. The fourth-order valence-electron chi connectivity index (χ4n) is 0.983. The van der Waals surface area contributed by atoms with Gasteiger partial charge in [0.2, 0.25) is 0 Å². The van der Waals surface area contributed by atoms with Crippen LogP contribution in [0.25, 0.3) is 0 Å². The summed E-state index contributed by atoms with van der Waals surface area (Å²) >= 11 is 0. The summed E-state index contributed by atoms with van der Waals surface area (Å²) in [5, 5.41) is 24.9. The van der Waals surface area contributed by atoms with E-state index in [9.17, 15) is 0 Å². The molecule has 0 aliphatic rings. The highest BCUT2D eigenvalue weighted by atomic mass is 16.5. The Kier molecular flexibility index (Phi) is 26.2. The molecule has 0 amide bonds. The van der Waals surface area contributed by atoms with Gasteiger partial charge < -0.3 is 34.3 Å². The third-order valence-electron chi connectivity index (χ3n) is 1.80. The summed E-state index contributed by atoms with van der Waals surface area (Å²) in [6, 6.07) is 0. The minimum atomic E-state index is 0.0670. The average molecular weight is 297 g/mol. The Labute approximate surface area is 121 Å². The van der Waals surface area contributed by atoms with Crippen molar-refractivity contribution >= 4 is 0 Å². The molecule has 0 fully saturated rings. The van der Waals surface area contributed by atoms with E-state index >= 15 is 0 Å². The highest BCUT2D eigenvalue weighted by Gasteiger charge is 1.88. The predicted octanol–water partition coefficient (Wildman–Crippen LogP) is -0.760. The molecule has 1 radical (unpaired) electrons. The first-order chi connectivity index (χ1) is 9.83. The van der Waals surface area contributed by atoms with Crippen molar-refractivity contribution in [1.29, 1.82) is 0 Å². The van der Waals surface area contributed by atoms with Gasteiger partial charge in [0.25, 0.3) is 0 Å². The largest absolute Gasteiger partial charge is 0.394 e. The van der Waals surface area contributed by atoms with Crippen molar-refractivity contribution in [3.63, 3.8) is 0 Å². The van der Waals surface area contributed by atoms with Crippen molar-refractivity contribution in [1.82, 2.24) is 0 Å². The Bertz CT molecular complexity index is 133. The molecule has 0 atom stereocenters. The van der Waals surface area contributed by atoms with Crippen molar-refractivity contribution in [3.8, 4) is 0 Å². The van der Waals surface area contributed by atoms with Crippen LogP contribution >= 0.6 is 0 Å². The smallest absolute Gasteiger partial charge is 0.0701 e. The number of hydrogen-bond donors (Lipinski definition) is 3. The molecular weight excluding hydrogens is 268 g/mol. The maximum absolute atomic E-state index is 8.32. The third-order valence-corrected chi connectivity index (χ3v) is 1.80. The molecule has 0 heterocycles. The van der Waals surface area contributed by atoms with Crippen LogP contribution < -0.4 is 0 Å². The van der Waals surface area contributed by atoms with E-state index in [1.165, 1.54) is 0 Å². The standard InChI is InChI=1S/C7H16O4.C6H13O3/c8-2-6-10-4-1-5-11-7-3-9;1-2-8-5-6-9-4-3-7/h8-9H,1-7H2;7H,1-6H2. The molecule has 0 aromatic rings. The molecule has 7 nitrogen and oxygen atoms in total. The summed E-state index contributed by atoms with van der Waals surface area (Å²) in [4.78, 5) is 0. The van der Waals surface area contributed by atoms with E-state index in [4.69, 9.17) is 34.3 Å². The van der Waals surface area contributed by atoms with E-state index in [0.29, 0.717) is 52.9 Å². The maximum Gasteiger partial charge on any atom is 0.0701 e. The second kappa shape index (κ2) is 23.8. The molecule has 0 saturated carbocycles. The van der Waals surface area contributed by atoms with Crippen LogP contribution in [-0.4, -0.2) is 88.0 Å². The van der Waals surface area contributed by atoms with Crippen LogP contribution in [0, 0.1) is 6.92 Å². The fourth-order valence-corrected chi connectivity index (χ4v) is 0.983. The van der Waals surface area contributed by atoms with Gasteiger partial charge >= 0.3 is 0 Å². The van der Waals surface area contributed by atoms with Crippen molar-refractivity contribution in [2.75, 3.05) is 72.7 Å². The first kappa shape index (κ1) is 22.0. The maximum atomic E-state index is 8.32. The molecule has 0 aliphatic heterocycles. The fraction of sp³-hybridized carbons (Fsp3) is 0.923. The Morgan fingerprint density at radius 2 is 0.950 bits per heavy atom. The van der Waals surface area contributed by atoms with E-state index in [-0.39, 0.29) is 19.8 Å². The van der Waals surface area contributed by atoms with Gasteiger partial charge in [-0.3, -0.25) is 0 Å². The molecule has 7 heteroatoms. The summed E-state index contributed by atoms with van der Waals surface area (Å²) in [6.07, 6.45) is 0.806. The van der Waals surface area contributed by atoms with Crippen LogP contribution in [0.15, 0.2) is 0 Å². The van der Waals surface area contributed by atoms with E-state index in [1.54, 1.807) is 0 Å². The van der Waals surface area contributed by atoms with Gasteiger partial charge in [-0.15, -0.1) is 0 Å². The highest BCUT2D eigenvalue weighted by Crippen LogP contribution is 1.84. The molecule has 0 aromatic heterocycles. The normalized spacial score (nSPS) is 10.2. The predicted molar refractivity (Wildman–Crippen MR) is 74.5 cm³/mol. The van der Waals surface area contributed by atoms with Gasteiger partial charge in [0, 0.05) is 19.8 Å². The van der Waals surface area contributed by atoms with Gasteiger partial charge in [0.15, 0.2) is 0 Å². The SMILES string of the molecule is OCCOCCCOCCO.[CH2]COCCOCCO. The van der Waals surface area contributed by atoms with Crippen LogP contribution in [0.5, 0.6) is 0 Å². The van der Waals surface area contributed by atoms with Crippen molar-refractivity contribution in [3.05, 3.63) is 6.92 Å². The Morgan fingerprint density at radius 1 is 0.550 bits per heavy atom. The minimum Gasteiger partial charge on any atom is -0.394 e. The van der Waals surface area contributed by atoms with Crippen LogP contribution in [0.1, 0.15) is 6.42 Å². The number of hydrogen-bond acceptors (Lipinski definition) is 7. The molecule has 0 aromatic carbocycles. The Hall–Kier alpha value is -0.280. The quantitative estimate of drug-likeness (QED) is 0.363. The van der Waals surface area contributed by atoms with Crippen LogP contribution in [0.3, 0.4) is 0 Å². The van der Waals surface area contributed by atoms with Crippen molar-refractivity contribution in [2.45, 2.75) is 6.42 Å².